The van der Waals surface area contributed by atoms with E-state index in [1.807, 2.05) is 18.2 Å². The van der Waals surface area contributed by atoms with E-state index in [-0.39, 0.29) is 0 Å². The lowest BCUT2D eigenvalue weighted by atomic mass is 10.0. The first-order chi connectivity index (χ1) is 5.43. The zero-order chi connectivity index (χ0) is 7.26. The molecule has 1 aliphatic rings. The van der Waals surface area contributed by atoms with E-state index in [2.05, 4.69) is 10.1 Å². The minimum Gasteiger partial charge on any atom is -0.336 e. The second kappa shape index (κ2) is 1.50. The molecule has 0 saturated heterocycles. The molecule has 1 aliphatic carbocycles. The van der Waals surface area contributed by atoms with Crippen LogP contribution in [0.5, 0.6) is 0 Å². The highest BCUT2D eigenvalue weighted by molar-refractivity contribution is 5.89. The van der Waals surface area contributed by atoms with Gasteiger partial charge in [0.1, 0.15) is 0 Å². The van der Waals surface area contributed by atoms with Gasteiger partial charge in [-0.1, -0.05) is 11.2 Å². The largest absolute Gasteiger partial charge is 0.336 e. The van der Waals surface area contributed by atoms with Crippen LogP contribution in [0.2, 0.25) is 0 Å². The maximum absolute atomic E-state index is 4.89. The molecule has 3 heteroatoms. The van der Waals surface area contributed by atoms with E-state index < -0.39 is 0 Å². The molecular formula is C8H4N2O. The molecule has 11 heavy (non-hydrogen) atoms. The zero-order valence-corrected chi connectivity index (χ0v) is 5.61. The third kappa shape index (κ3) is 0.526. The van der Waals surface area contributed by atoms with Gasteiger partial charge in [-0.05, 0) is 12.1 Å². The summed E-state index contributed by atoms with van der Waals surface area (Å²) < 4.78 is 4.89. The molecule has 0 N–H and O–H groups in total. The van der Waals surface area contributed by atoms with Crippen LogP contribution in [0.25, 0.3) is 23.3 Å². The van der Waals surface area contributed by atoms with E-state index in [0.29, 0.717) is 5.71 Å². The lowest BCUT2D eigenvalue weighted by molar-refractivity contribution is 0.448. The summed E-state index contributed by atoms with van der Waals surface area (Å²) in [6, 6.07) is 2.02. The van der Waals surface area contributed by atoms with Gasteiger partial charge >= 0.3 is 0 Å². The van der Waals surface area contributed by atoms with Crippen molar-refractivity contribution in [2.24, 2.45) is 0 Å². The SMILES string of the molecule is C1=Cc2nc3oncc3cc21. The Morgan fingerprint density at radius 2 is 2.27 bits per heavy atom. The minimum absolute atomic E-state index is 0.619. The van der Waals surface area contributed by atoms with Gasteiger partial charge in [0.15, 0.2) is 0 Å². The van der Waals surface area contributed by atoms with Crippen molar-refractivity contribution in [1.29, 1.82) is 0 Å². The highest BCUT2D eigenvalue weighted by Gasteiger charge is 2.10. The van der Waals surface area contributed by atoms with Crippen LogP contribution in [0.4, 0.5) is 0 Å². The molecule has 0 bridgehead atoms. The molecule has 0 radical (unpaired) electrons. The van der Waals surface area contributed by atoms with Crippen LogP contribution in [-0.2, 0) is 0 Å². The lowest BCUT2D eigenvalue weighted by Gasteiger charge is -2.06. The quantitative estimate of drug-likeness (QED) is 0.482. The molecule has 0 spiro atoms. The topological polar surface area (TPSA) is 38.9 Å². The summed E-state index contributed by atoms with van der Waals surface area (Å²) in [5.74, 6) is 0. The Bertz CT molecular complexity index is 416. The van der Waals surface area contributed by atoms with Crippen molar-refractivity contribution in [3.8, 4) is 0 Å². The number of hydrogen-bond acceptors (Lipinski definition) is 3. The van der Waals surface area contributed by atoms with Crippen molar-refractivity contribution in [2.45, 2.75) is 0 Å². The Labute approximate surface area is 62.3 Å². The zero-order valence-electron chi connectivity index (χ0n) is 5.61. The fourth-order valence-corrected chi connectivity index (χ4v) is 1.18. The first-order valence-corrected chi connectivity index (χ1v) is 3.37. The van der Waals surface area contributed by atoms with E-state index in [0.717, 1.165) is 11.1 Å². The summed E-state index contributed by atoms with van der Waals surface area (Å²) in [5, 5.41) is 4.61. The molecular weight excluding hydrogens is 140 g/mol. The van der Waals surface area contributed by atoms with E-state index >= 15 is 0 Å². The van der Waals surface area contributed by atoms with Crippen molar-refractivity contribution in [1.82, 2.24) is 10.1 Å². The fraction of sp³-hybridized carbons (Fsp3) is 0. The average Bonchev–Trinajstić information content (AvgIpc) is 2.40. The first-order valence-electron chi connectivity index (χ1n) is 3.37. The first kappa shape index (κ1) is 5.07. The number of fused-ring (bicyclic) bond motifs is 2. The lowest BCUT2D eigenvalue weighted by Crippen LogP contribution is -1.92. The van der Waals surface area contributed by atoms with Crippen LogP contribution >= 0.6 is 0 Å². The van der Waals surface area contributed by atoms with Crippen LogP contribution in [0.3, 0.4) is 0 Å². The number of nitrogens with zero attached hydrogens (tertiary/aromatic N) is 2. The predicted octanol–water partition coefficient (Wildman–Crippen LogP) is 1.71. The number of pyridine rings is 1. The van der Waals surface area contributed by atoms with E-state index in [1.54, 1.807) is 6.20 Å². The maximum atomic E-state index is 4.89. The van der Waals surface area contributed by atoms with Crippen molar-refractivity contribution in [2.75, 3.05) is 0 Å². The second-order valence-electron chi connectivity index (χ2n) is 2.52. The van der Waals surface area contributed by atoms with Gasteiger partial charge in [-0.15, -0.1) is 0 Å². The van der Waals surface area contributed by atoms with Crippen molar-refractivity contribution in [3.63, 3.8) is 0 Å². The monoisotopic (exact) mass is 144 g/mol. The average molecular weight is 144 g/mol. The Morgan fingerprint density at radius 1 is 1.27 bits per heavy atom. The predicted molar refractivity (Wildman–Crippen MR) is 40.7 cm³/mol. The van der Waals surface area contributed by atoms with E-state index in [4.69, 9.17) is 4.52 Å². The normalized spacial score (nSPS) is 13.1. The molecule has 2 aromatic heterocycles. The molecule has 0 fully saturated rings. The van der Waals surface area contributed by atoms with Gasteiger partial charge in [-0.25, -0.2) is 4.98 Å². The number of aromatic nitrogens is 2. The number of hydrogen-bond donors (Lipinski definition) is 0. The third-order valence-electron chi connectivity index (χ3n) is 1.83. The summed E-state index contributed by atoms with van der Waals surface area (Å²) in [6.45, 7) is 0. The summed E-state index contributed by atoms with van der Waals surface area (Å²) in [6.07, 6.45) is 5.65. The van der Waals surface area contributed by atoms with E-state index in [1.165, 1.54) is 5.56 Å². The molecule has 0 amide bonds. The van der Waals surface area contributed by atoms with Gasteiger partial charge in [-0.3, -0.25) is 0 Å². The Balaban J connectivity index is 2.51. The number of rotatable bonds is 0. The van der Waals surface area contributed by atoms with Crippen molar-refractivity contribution in [3.05, 3.63) is 23.5 Å². The summed E-state index contributed by atoms with van der Waals surface area (Å²) in [7, 11) is 0. The highest BCUT2D eigenvalue weighted by atomic mass is 16.5. The minimum atomic E-state index is 0.619. The van der Waals surface area contributed by atoms with Crippen LogP contribution in [0, 0.1) is 0 Å². The maximum Gasteiger partial charge on any atom is 0.258 e. The highest BCUT2D eigenvalue weighted by Crippen LogP contribution is 2.25. The molecule has 0 aromatic carbocycles. The molecule has 0 unspecified atom stereocenters. The van der Waals surface area contributed by atoms with Crippen LogP contribution in [-0.4, -0.2) is 10.1 Å². The molecule has 2 aromatic rings. The van der Waals surface area contributed by atoms with Gasteiger partial charge in [0.2, 0.25) is 0 Å². The van der Waals surface area contributed by atoms with Crippen molar-refractivity contribution < 1.29 is 4.52 Å². The molecule has 0 saturated carbocycles. The van der Waals surface area contributed by atoms with Gasteiger partial charge in [0.05, 0.1) is 17.3 Å². The Hall–Kier alpha value is -1.64. The fourth-order valence-electron chi connectivity index (χ4n) is 1.18. The molecule has 52 valence electrons. The smallest absolute Gasteiger partial charge is 0.258 e. The molecule has 3 nitrogen and oxygen atoms in total. The summed E-state index contributed by atoms with van der Waals surface area (Å²) in [5.41, 5.74) is 2.78. The third-order valence-corrected chi connectivity index (χ3v) is 1.83. The van der Waals surface area contributed by atoms with Gasteiger partial charge < -0.3 is 4.52 Å². The summed E-state index contributed by atoms with van der Waals surface area (Å²) in [4.78, 5) is 4.21. The molecule has 0 atom stereocenters. The Kier molecular flexibility index (Phi) is 0.692. The van der Waals surface area contributed by atoms with E-state index in [9.17, 15) is 0 Å². The molecule has 2 heterocycles. The van der Waals surface area contributed by atoms with Gasteiger partial charge in [-0.2, -0.15) is 0 Å². The van der Waals surface area contributed by atoms with Crippen LogP contribution < -0.4 is 0 Å². The van der Waals surface area contributed by atoms with Gasteiger partial charge in [0.25, 0.3) is 5.71 Å². The molecule has 0 aliphatic heterocycles. The van der Waals surface area contributed by atoms with Crippen LogP contribution in [0.15, 0.2) is 16.8 Å². The van der Waals surface area contributed by atoms with Crippen LogP contribution in [0.1, 0.15) is 11.3 Å². The summed E-state index contributed by atoms with van der Waals surface area (Å²) >= 11 is 0. The molecule has 3 rings (SSSR count). The Morgan fingerprint density at radius 3 is 3.09 bits per heavy atom. The van der Waals surface area contributed by atoms with Crippen molar-refractivity contribution >= 4 is 23.3 Å². The second-order valence-corrected chi connectivity index (χ2v) is 2.52. The standard InChI is InChI=1S/C8H4N2O/c1-2-7-5(1)3-6-4-9-11-8(6)10-7/h1-4H. The van der Waals surface area contributed by atoms with Gasteiger partial charge in [0, 0.05) is 5.56 Å².